The molecule has 8 rings (SSSR count). The highest BCUT2D eigenvalue weighted by molar-refractivity contribution is 5.77. The van der Waals surface area contributed by atoms with Gasteiger partial charge in [-0.05, 0) is 103 Å². The Labute approximate surface area is 380 Å². The SMILES string of the molecule is C[C@@H]1O[C@@H](O[C@H]2C[C@]3(C(=O)O)CC[C@]4(C)C(=CC[C@@H]5[C@@]6(C)C[C@@H](O)[C@H](O[C@@H]7O[C@H](CO)[C@@H](O[C@@H]8OC[C@@H](O)[C@H](O)[C@H]8O)[C@H](O)[C@H]7O)C(C)(C)[C@@H]6CC[C@]54C)[C@@H]3CC2(C)C)[C@H](O)[C@H](O)[C@H]1O. The molecule has 372 valence electrons. The summed E-state index contributed by atoms with van der Waals surface area (Å²) >= 11 is 0. The molecule has 0 radical (unpaired) electrons. The van der Waals surface area contributed by atoms with Gasteiger partial charge in [-0.3, -0.25) is 4.79 Å². The molecule has 0 bridgehead atoms. The molecular formula is C47H76O18. The number of aliphatic hydroxyl groups is 10. The standard InChI is InChI=1S/C47H76O18/c1-20-29(51)31(53)34(56)39(61-20)63-28-17-47(41(58)59)14-13-45(7)21(22(47)15-42(28,2)3)9-10-27-44(6)16-23(49)37(43(4,5)26(44)11-12-46(27,45)8)65-40-35(57)32(54)36(25(18-48)62-40)64-38-33(55)30(52)24(50)19-60-38/h9,20,22-40,48-57H,10-19H2,1-8H3,(H,58,59)/t20-,22-,23+,24+,25+,26-,27+,28-,29-,30-,31+,32+,33+,34+,35+,36+,37-,38-,39-,40-,44-,45+,46+,47+/m0/s1. The average Bonchev–Trinajstić information content (AvgIpc) is 3.23. The fraction of sp³-hybridized carbons (Fsp3) is 0.936. The predicted octanol–water partition coefficient (Wildman–Crippen LogP) is 0.315. The largest absolute Gasteiger partial charge is 0.481 e. The zero-order valence-electron chi connectivity index (χ0n) is 39.0. The third-order valence-corrected chi connectivity index (χ3v) is 19.1. The van der Waals surface area contributed by atoms with E-state index in [0.29, 0.717) is 32.1 Å². The summed E-state index contributed by atoms with van der Waals surface area (Å²) in [5, 5.41) is 119. The van der Waals surface area contributed by atoms with Crippen LogP contribution in [0.15, 0.2) is 11.6 Å². The molecule has 3 saturated heterocycles. The number of hydrogen-bond acceptors (Lipinski definition) is 17. The second-order valence-corrected chi connectivity index (χ2v) is 23.2. The first-order valence-corrected chi connectivity index (χ1v) is 23.8. The fourth-order valence-corrected chi connectivity index (χ4v) is 15.0. The van der Waals surface area contributed by atoms with Crippen LogP contribution in [0.3, 0.4) is 0 Å². The van der Waals surface area contributed by atoms with Crippen LogP contribution in [0, 0.1) is 50.2 Å². The summed E-state index contributed by atoms with van der Waals surface area (Å²) in [5.74, 6) is -1.06. The van der Waals surface area contributed by atoms with Crippen molar-refractivity contribution in [1.29, 1.82) is 0 Å². The highest BCUT2D eigenvalue weighted by Gasteiger charge is 2.71. The molecule has 0 spiro atoms. The first-order valence-electron chi connectivity index (χ1n) is 23.8. The molecule has 65 heavy (non-hydrogen) atoms. The number of hydrogen-bond donors (Lipinski definition) is 11. The summed E-state index contributed by atoms with van der Waals surface area (Å²) in [6, 6.07) is 0. The predicted molar refractivity (Wildman–Crippen MR) is 226 cm³/mol. The van der Waals surface area contributed by atoms with Gasteiger partial charge in [-0.1, -0.05) is 60.1 Å². The van der Waals surface area contributed by atoms with E-state index in [1.807, 2.05) is 27.7 Å². The van der Waals surface area contributed by atoms with Gasteiger partial charge in [0.05, 0.1) is 43.0 Å². The van der Waals surface area contributed by atoms with E-state index in [-0.39, 0.29) is 41.6 Å². The Hall–Kier alpha value is -1.43. The summed E-state index contributed by atoms with van der Waals surface area (Å²) in [6.45, 7) is 15.7. The van der Waals surface area contributed by atoms with Gasteiger partial charge in [0, 0.05) is 0 Å². The summed E-state index contributed by atoms with van der Waals surface area (Å²) in [6.07, 6.45) is -15.8. The van der Waals surface area contributed by atoms with Crippen molar-refractivity contribution in [1.82, 2.24) is 0 Å². The lowest BCUT2D eigenvalue weighted by Crippen LogP contribution is -2.69. The van der Waals surface area contributed by atoms with E-state index in [0.717, 1.165) is 18.4 Å². The van der Waals surface area contributed by atoms with E-state index in [9.17, 15) is 61.0 Å². The number of allylic oxidation sites excluding steroid dienone is 2. The molecule has 3 heterocycles. The first-order chi connectivity index (χ1) is 30.2. The highest BCUT2D eigenvalue weighted by Crippen LogP contribution is 2.76. The van der Waals surface area contributed by atoms with E-state index < -0.39 is 139 Å². The zero-order chi connectivity index (χ0) is 47.7. The Morgan fingerprint density at radius 3 is 2.02 bits per heavy atom. The minimum atomic E-state index is -1.71. The molecule has 0 aromatic rings. The quantitative estimate of drug-likeness (QED) is 0.115. The van der Waals surface area contributed by atoms with Crippen molar-refractivity contribution in [3.63, 3.8) is 0 Å². The topological polar surface area (TPSA) is 295 Å². The van der Waals surface area contributed by atoms with E-state index in [1.165, 1.54) is 0 Å². The molecule has 18 heteroatoms. The number of carboxylic acid groups (broad SMARTS) is 1. The summed E-state index contributed by atoms with van der Waals surface area (Å²) in [4.78, 5) is 13.7. The molecule has 0 unspecified atom stereocenters. The fourth-order valence-electron chi connectivity index (χ4n) is 15.0. The molecular weight excluding hydrogens is 852 g/mol. The highest BCUT2D eigenvalue weighted by atomic mass is 16.7. The number of rotatable bonds is 8. The monoisotopic (exact) mass is 929 g/mol. The van der Waals surface area contributed by atoms with Crippen LogP contribution in [-0.4, -0.2) is 180 Å². The normalized spacial score (nSPS) is 55.1. The molecule has 8 aliphatic rings. The second-order valence-electron chi connectivity index (χ2n) is 23.2. The van der Waals surface area contributed by atoms with E-state index in [2.05, 4.69) is 26.8 Å². The zero-order valence-corrected chi connectivity index (χ0v) is 39.0. The van der Waals surface area contributed by atoms with Crippen molar-refractivity contribution in [3.8, 4) is 0 Å². The maximum atomic E-state index is 13.7. The lowest BCUT2D eigenvalue weighted by molar-refractivity contribution is -0.366. The Bertz CT molecular complexity index is 1790. The first kappa shape index (κ1) is 50.0. The summed E-state index contributed by atoms with van der Waals surface area (Å²) in [5.41, 5.74) is -2.28. The lowest BCUT2D eigenvalue weighted by atomic mass is 9.33. The number of carbonyl (C=O) groups is 1. The van der Waals surface area contributed by atoms with Gasteiger partial charge in [0.2, 0.25) is 0 Å². The van der Waals surface area contributed by atoms with E-state index in [1.54, 1.807) is 6.92 Å². The number of aliphatic hydroxyl groups excluding tert-OH is 10. The van der Waals surface area contributed by atoms with Crippen LogP contribution < -0.4 is 0 Å². The number of aliphatic carboxylic acids is 1. The van der Waals surface area contributed by atoms with Crippen LogP contribution in [0.5, 0.6) is 0 Å². The Kier molecular flexibility index (Phi) is 13.2. The summed E-state index contributed by atoms with van der Waals surface area (Å²) < 4.78 is 35.8. The van der Waals surface area contributed by atoms with Gasteiger partial charge in [0.1, 0.15) is 61.0 Å². The molecule has 5 aliphatic carbocycles. The van der Waals surface area contributed by atoms with Crippen LogP contribution in [0.1, 0.15) is 107 Å². The molecule has 18 nitrogen and oxygen atoms in total. The van der Waals surface area contributed by atoms with Crippen molar-refractivity contribution in [3.05, 3.63) is 11.6 Å². The van der Waals surface area contributed by atoms with Crippen LogP contribution in [-0.2, 0) is 33.2 Å². The molecule has 24 atom stereocenters. The maximum absolute atomic E-state index is 13.7. The minimum absolute atomic E-state index is 0.0232. The third kappa shape index (κ3) is 7.62. The number of carboxylic acids is 1. The van der Waals surface area contributed by atoms with Crippen LogP contribution in [0.4, 0.5) is 0 Å². The Morgan fingerprint density at radius 2 is 1.35 bits per heavy atom. The van der Waals surface area contributed by atoms with Crippen LogP contribution >= 0.6 is 0 Å². The lowest BCUT2D eigenvalue weighted by Gasteiger charge is -2.72. The van der Waals surface area contributed by atoms with Crippen molar-refractivity contribution in [2.75, 3.05) is 13.2 Å². The van der Waals surface area contributed by atoms with E-state index in [4.69, 9.17) is 28.4 Å². The van der Waals surface area contributed by atoms with Gasteiger partial charge in [0.25, 0.3) is 0 Å². The van der Waals surface area contributed by atoms with Crippen LogP contribution in [0.25, 0.3) is 0 Å². The molecule has 0 aromatic carbocycles. The van der Waals surface area contributed by atoms with Crippen molar-refractivity contribution < 1.29 is 89.4 Å². The van der Waals surface area contributed by atoms with Gasteiger partial charge < -0.3 is 84.6 Å². The minimum Gasteiger partial charge on any atom is -0.481 e. The Balaban J connectivity index is 1.01. The van der Waals surface area contributed by atoms with Gasteiger partial charge in [0.15, 0.2) is 18.9 Å². The molecule has 0 aromatic heterocycles. The van der Waals surface area contributed by atoms with Gasteiger partial charge in [-0.2, -0.15) is 0 Å². The number of fused-ring (bicyclic) bond motifs is 7. The van der Waals surface area contributed by atoms with Gasteiger partial charge in [-0.25, -0.2) is 0 Å². The average molecular weight is 929 g/mol. The Morgan fingerprint density at radius 1 is 0.708 bits per heavy atom. The molecule has 11 N–H and O–H groups in total. The second kappa shape index (κ2) is 17.2. The van der Waals surface area contributed by atoms with Gasteiger partial charge >= 0.3 is 5.97 Å². The maximum Gasteiger partial charge on any atom is 0.310 e. The van der Waals surface area contributed by atoms with Crippen molar-refractivity contribution >= 4 is 5.97 Å². The molecule has 0 amide bonds. The van der Waals surface area contributed by atoms with Crippen LogP contribution in [0.2, 0.25) is 0 Å². The molecule has 7 fully saturated rings. The summed E-state index contributed by atoms with van der Waals surface area (Å²) in [7, 11) is 0. The smallest absolute Gasteiger partial charge is 0.310 e. The number of ether oxygens (including phenoxy) is 6. The third-order valence-electron chi connectivity index (χ3n) is 19.1. The molecule has 3 aliphatic heterocycles. The van der Waals surface area contributed by atoms with Gasteiger partial charge in [-0.15, -0.1) is 0 Å². The van der Waals surface area contributed by atoms with Crippen molar-refractivity contribution in [2.24, 2.45) is 50.2 Å². The van der Waals surface area contributed by atoms with Crippen molar-refractivity contribution in [2.45, 2.75) is 211 Å². The van der Waals surface area contributed by atoms with E-state index >= 15 is 0 Å². The molecule has 4 saturated carbocycles.